The van der Waals surface area contributed by atoms with E-state index in [0.717, 1.165) is 28.7 Å². The van der Waals surface area contributed by atoms with Gasteiger partial charge in [-0.2, -0.15) is 4.37 Å². The highest BCUT2D eigenvalue weighted by Gasteiger charge is 2.27. The first-order chi connectivity index (χ1) is 15.0. The highest BCUT2D eigenvalue weighted by molar-refractivity contribution is 7.14. The fourth-order valence-electron chi connectivity index (χ4n) is 3.83. The van der Waals surface area contributed by atoms with Crippen molar-refractivity contribution in [1.82, 2.24) is 24.5 Å². The SMILES string of the molecule is Nc1nsc2c(N3CCC(NC(=O)c4c(Cl)cc(-n5cnnc5)cc4Cl)C3)cccc12. The molecule has 5 rings (SSSR count). The molecule has 1 atom stereocenters. The van der Waals surface area contributed by atoms with Crippen LogP contribution < -0.4 is 16.0 Å². The van der Waals surface area contributed by atoms with Crippen molar-refractivity contribution in [2.75, 3.05) is 23.7 Å². The van der Waals surface area contributed by atoms with Crippen LogP contribution in [-0.2, 0) is 0 Å². The number of nitrogens with two attached hydrogens (primary N) is 1. The average molecular weight is 474 g/mol. The summed E-state index contributed by atoms with van der Waals surface area (Å²) < 4.78 is 6.99. The molecule has 3 heterocycles. The van der Waals surface area contributed by atoms with E-state index in [2.05, 4.69) is 30.9 Å². The molecule has 158 valence electrons. The van der Waals surface area contributed by atoms with Gasteiger partial charge in [0.25, 0.3) is 5.91 Å². The van der Waals surface area contributed by atoms with Crippen LogP contribution in [0.2, 0.25) is 10.0 Å². The van der Waals surface area contributed by atoms with Crippen molar-refractivity contribution in [3.63, 3.8) is 0 Å². The number of hydrogen-bond acceptors (Lipinski definition) is 7. The van der Waals surface area contributed by atoms with Crippen LogP contribution in [0.5, 0.6) is 0 Å². The summed E-state index contributed by atoms with van der Waals surface area (Å²) in [5.41, 5.74) is 7.98. The number of nitrogens with zero attached hydrogens (tertiary/aromatic N) is 5. The van der Waals surface area contributed by atoms with Gasteiger partial charge in [-0.05, 0) is 42.2 Å². The number of carbonyl (C=O) groups is 1. The third kappa shape index (κ3) is 3.69. The molecule has 4 aromatic rings. The van der Waals surface area contributed by atoms with E-state index in [9.17, 15) is 4.79 Å². The lowest BCUT2D eigenvalue weighted by Crippen LogP contribution is -2.37. The van der Waals surface area contributed by atoms with Crippen molar-refractivity contribution in [3.05, 3.63) is 58.6 Å². The molecule has 2 aromatic carbocycles. The maximum atomic E-state index is 12.9. The second kappa shape index (κ2) is 7.99. The summed E-state index contributed by atoms with van der Waals surface area (Å²) in [6, 6.07) is 9.31. The number of carbonyl (C=O) groups excluding carboxylic acids is 1. The Labute approximate surface area is 191 Å². The van der Waals surface area contributed by atoms with Crippen LogP contribution in [0, 0.1) is 0 Å². The molecule has 0 saturated carbocycles. The normalized spacial score (nSPS) is 16.2. The van der Waals surface area contributed by atoms with Crippen molar-refractivity contribution in [3.8, 4) is 5.69 Å². The minimum atomic E-state index is -0.294. The second-order valence-electron chi connectivity index (χ2n) is 7.28. The Morgan fingerprint density at radius 3 is 2.68 bits per heavy atom. The van der Waals surface area contributed by atoms with Gasteiger partial charge < -0.3 is 16.0 Å². The third-order valence-electron chi connectivity index (χ3n) is 5.34. The monoisotopic (exact) mass is 473 g/mol. The van der Waals surface area contributed by atoms with Crippen LogP contribution >= 0.6 is 34.7 Å². The fraction of sp³-hybridized carbons (Fsp3) is 0.200. The Bertz CT molecular complexity index is 1250. The first-order valence-corrected chi connectivity index (χ1v) is 11.1. The molecular weight excluding hydrogens is 457 g/mol. The van der Waals surface area contributed by atoms with Gasteiger partial charge in [0.05, 0.1) is 31.7 Å². The molecule has 2 aromatic heterocycles. The largest absolute Gasteiger partial charge is 0.382 e. The van der Waals surface area contributed by atoms with E-state index in [-0.39, 0.29) is 27.6 Å². The average Bonchev–Trinajstić information content (AvgIpc) is 3.49. The smallest absolute Gasteiger partial charge is 0.254 e. The van der Waals surface area contributed by atoms with Crippen LogP contribution in [0.4, 0.5) is 11.5 Å². The Balaban J connectivity index is 1.33. The van der Waals surface area contributed by atoms with Gasteiger partial charge in [-0.3, -0.25) is 9.36 Å². The summed E-state index contributed by atoms with van der Waals surface area (Å²) >= 11 is 14.2. The summed E-state index contributed by atoms with van der Waals surface area (Å²) in [7, 11) is 0. The number of hydrogen-bond donors (Lipinski definition) is 2. The van der Waals surface area contributed by atoms with E-state index in [1.807, 2.05) is 12.1 Å². The van der Waals surface area contributed by atoms with E-state index in [4.69, 9.17) is 28.9 Å². The number of rotatable bonds is 4. The van der Waals surface area contributed by atoms with Gasteiger partial charge in [-0.25, -0.2) is 0 Å². The van der Waals surface area contributed by atoms with E-state index < -0.39 is 0 Å². The zero-order valence-corrected chi connectivity index (χ0v) is 18.5. The summed E-state index contributed by atoms with van der Waals surface area (Å²) in [6.07, 6.45) is 3.88. The maximum absolute atomic E-state index is 12.9. The number of halogens is 2. The summed E-state index contributed by atoms with van der Waals surface area (Å²) in [5, 5.41) is 12.1. The molecule has 0 radical (unpaired) electrons. The molecule has 31 heavy (non-hydrogen) atoms. The van der Waals surface area contributed by atoms with Crippen LogP contribution in [0.25, 0.3) is 15.8 Å². The molecule has 1 amide bonds. The van der Waals surface area contributed by atoms with Gasteiger partial charge in [0, 0.05) is 24.5 Å². The Kier molecular flexibility index (Phi) is 5.17. The van der Waals surface area contributed by atoms with Crippen LogP contribution in [0.3, 0.4) is 0 Å². The molecule has 0 aliphatic carbocycles. The topological polar surface area (TPSA) is 102 Å². The molecule has 0 bridgehead atoms. The number of fused-ring (bicyclic) bond motifs is 1. The first-order valence-electron chi connectivity index (χ1n) is 9.55. The van der Waals surface area contributed by atoms with Crippen LogP contribution in [-0.4, -0.2) is 44.2 Å². The number of anilines is 2. The fourth-order valence-corrected chi connectivity index (χ4v) is 5.33. The lowest BCUT2D eigenvalue weighted by Gasteiger charge is -2.20. The van der Waals surface area contributed by atoms with Gasteiger partial charge in [-0.15, -0.1) is 10.2 Å². The minimum absolute atomic E-state index is 0.0299. The second-order valence-corrected chi connectivity index (χ2v) is 8.87. The quantitative estimate of drug-likeness (QED) is 0.467. The van der Waals surface area contributed by atoms with Gasteiger partial charge >= 0.3 is 0 Å². The molecule has 1 fully saturated rings. The third-order valence-corrected chi connectivity index (χ3v) is 6.84. The van der Waals surface area contributed by atoms with Gasteiger partial charge in [0.15, 0.2) is 0 Å². The van der Waals surface area contributed by atoms with E-state index in [0.29, 0.717) is 18.1 Å². The lowest BCUT2D eigenvalue weighted by atomic mass is 10.1. The minimum Gasteiger partial charge on any atom is -0.382 e. The van der Waals surface area contributed by atoms with Crippen LogP contribution in [0.15, 0.2) is 43.0 Å². The summed E-state index contributed by atoms with van der Waals surface area (Å²) in [4.78, 5) is 15.2. The zero-order chi connectivity index (χ0) is 21.5. The van der Waals surface area contributed by atoms with E-state index >= 15 is 0 Å². The zero-order valence-electron chi connectivity index (χ0n) is 16.1. The van der Waals surface area contributed by atoms with Crippen molar-refractivity contribution < 1.29 is 4.79 Å². The van der Waals surface area contributed by atoms with Crippen molar-refractivity contribution in [2.24, 2.45) is 0 Å². The molecule has 11 heteroatoms. The van der Waals surface area contributed by atoms with Crippen molar-refractivity contribution in [1.29, 1.82) is 0 Å². The maximum Gasteiger partial charge on any atom is 0.254 e. The highest BCUT2D eigenvalue weighted by atomic mass is 35.5. The van der Waals surface area contributed by atoms with Crippen molar-refractivity contribution >= 4 is 62.2 Å². The van der Waals surface area contributed by atoms with E-state index in [1.165, 1.54) is 24.2 Å². The number of aromatic nitrogens is 4. The number of nitrogens with one attached hydrogen (secondary N) is 1. The highest BCUT2D eigenvalue weighted by Crippen LogP contribution is 2.35. The Morgan fingerprint density at radius 2 is 1.94 bits per heavy atom. The molecule has 8 nitrogen and oxygen atoms in total. The van der Waals surface area contributed by atoms with Crippen molar-refractivity contribution in [2.45, 2.75) is 12.5 Å². The predicted molar refractivity (Wildman–Crippen MR) is 123 cm³/mol. The van der Waals surface area contributed by atoms with E-state index in [1.54, 1.807) is 16.7 Å². The van der Waals surface area contributed by atoms with Gasteiger partial charge in [-0.1, -0.05) is 29.3 Å². The Hall–Kier alpha value is -2.88. The summed E-state index contributed by atoms with van der Waals surface area (Å²) in [5.74, 6) is 0.252. The predicted octanol–water partition coefficient (Wildman–Crippen LogP) is 3.77. The molecule has 0 spiro atoms. The number of benzene rings is 2. The first kappa shape index (κ1) is 20.0. The Morgan fingerprint density at radius 1 is 1.19 bits per heavy atom. The number of nitrogen functional groups attached to an aromatic ring is 1. The van der Waals surface area contributed by atoms with Gasteiger partial charge in [0.1, 0.15) is 18.5 Å². The number of amides is 1. The van der Waals surface area contributed by atoms with Gasteiger partial charge in [0.2, 0.25) is 0 Å². The van der Waals surface area contributed by atoms with Crippen LogP contribution in [0.1, 0.15) is 16.8 Å². The lowest BCUT2D eigenvalue weighted by molar-refractivity contribution is 0.0940. The molecule has 1 saturated heterocycles. The molecule has 3 N–H and O–H groups in total. The molecule has 1 aliphatic rings. The molecular formula is C20H17Cl2N7OS. The standard InChI is InChI=1S/C20H17Cl2N7OS/c21-14-6-12(29-9-24-25-10-29)7-15(22)17(14)20(30)26-11-4-5-28(8-11)16-3-1-2-13-18(16)31-27-19(13)23/h1-3,6-7,9-11H,4-5,8H2,(H2,23,27)(H,26,30). The summed E-state index contributed by atoms with van der Waals surface area (Å²) in [6.45, 7) is 1.49. The molecule has 1 aliphatic heterocycles. The molecule has 1 unspecified atom stereocenters.